The Labute approximate surface area is 71.4 Å². The van der Waals surface area contributed by atoms with Crippen molar-refractivity contribution in [3.05, 3.63) is 21.5 Å². The summed E-state index contributed by atoms with van der Waals surface area (Å²) in [5, 5.41) is 0. The van der Waals surface area contributed by atoms with Gasteiger partial charge < -0.3 is 0 Å². The summed E-state index contributed by atoms with van der Waals surface area (Å²) in [5.74, 6) is 2.72. The second-order valence-electron chi connectivity index (χ2n) is 1.90. The minimum atomic E-state index is 0.471. The van der Waals surface area contributed by atoms with Gasteiger partial charge in [0.15, 0.2) is 0 Å². The van der Waals surface area contributed by atoms with Gasteiger partial charge in [-0.1, -0.05) is 0 Å². The number of terminal acetylenes is 1. The van der Waals surface area contributed by atoms with Crippen molar-refractivity contribution in [3.63, 3.8) is 0 Å². The molecule has 0 atom stereocenters. The first-order valence-electron chi connectivity index (χ1n) is 2.84. The van der Waals surface area contributed by atoms with E-state index in [-0.39, 0.29) is 0 Å². The molecule has 2 heterocycles. The normalized spacial score (nSPS) is 9.90. The third kappa shape index (κ3) is 0.926. The van der Waals surface area contributed by atoms with Crippen LogP contribution < -0.4 is 0 Å². The molecule has 0 unspecified atom stereocenters. The average Bonchev–Trinajstić information content (AvgIpc) is 2.42. The van der Waals surface area contributed by atoms with Gasteiger partial charge in [-0.3, -0.25) is 0 Å². The molecular weight excluding hydrogens is 254 g/mol. The zero-order chi connectivity index (χ0) is 6.97. The molecule has 0 nitrogen and oxygen atoms in total. The Morgan fingerprint density at radius 1 is 1.40 bits per heavy atom. The van der Waals surface area contributed by atoms with E-state index >= 15 is 0 Å². The molecule has 0 saturated carbocycles. The third-order valence-corrected chi connectivity index (χ3v) is 5.91. The van der Waals surface area contributed by atoms with Gasteiger partial charge in [0.1, 0.15) is 0 Å². The summed E-state index contributed by atoms with van der Waals surface area (Å²) in [6.07, 6.45) is 5.29. The molecule has 2 aromatic rings. The van der Waals surface area contributed by atoms with Gasteiger partial charge in [0.25, 0.3) is 0 Å². The van der Waals surface area contributed by atoms with Crippen molar-refractivity contribution in [2.24, 2.45) is 0 Å². The summed E-state index contributed by atoms with van der Waals surface area (Å²) in [5.41, 5.74) is 0. The van der Waals surface area contributed by atoms with E-state index in [1.54, 1.807) is 0 Å². The zero-order valence-electron chi connectivity index (χ0n) is 5.13. The molecule has 2 heteroatoms. The van der Waals surface area contributed by atoms with Crippen LogP contribution in [0.2, 0.25) is 0 Å². The van der Waals surface area contributed by atoms with E-state index in [4.69, 9.17) is 6.42 Å². The van der Waals surface area contributed by atoms with Crippen LogP contribution in [0.25, 0.3) is 8.52 Å². The Bertz CT molecular complexity index is 358. The van der Waals surface area contributed by atoms with Crippen molar-refractivity contribution in [2.75, 3.05) is 0 Å². The van der Waals surface area contributed by atoms with Crippen LogP contribution in [0.3, 0.4) is 0 Å². The molecule has 0 radical (unpaired) electrons. The number of hydrogen-bond acceptors (Lipinski definition) is 0. The van der Waals surface area contributed by atoms with Crippen LogP contribution in [0.1, 0.15) is 4.44 Å². The molecule has 0 aliphatic heterocycles. The molecule has 2 aromatic heterocycles. The predicted octanol–water partition coefficient (Wildman–Crippen LogP) is 0.935. The van der Waals surface area contributed by atoms with E-state index in [0.29, 0.717) is 29.0 Å². The first-order chi connectivity index (χ1) is 4.90. The Morgan fingerprint density at radius 2 is 2.30 bits per heavy atom. The van der Waals surface area contributed by atoms with Crippen LogP contribution in [-0.2, 0) is 0 Å². The summed E-state index contributed by atoms with van der Waals surface area (Å²) in [7, 11) is 0. The number of hydrogen-bond donors (Lipinski definition) is 0. The third-order valence-electron chi connectivity index (χ3n) is 1.28. The van der Waals surface area contributed by atoms with E-state index in [9.17, 15) is 0 Å². The molecule has 10 heavy (non-hydrogen) atoms. The molecule has 0 aliphatic rings. The number of fused-ring (bicyclic) bond motifs is 1. The van der Waals surface area contributed by atoms with Gasteiger partial charge in [-0.05, 0) is 0 Å². The predicted molar refractivity (Wildman–Crippen MR) is 45.8 cm³/mol. The summed E-state index contributed by atoms with van der Waals surface area (Å²) in [6.45, 7) is 0. The second-order valence-corrected chi connectivity index (χ2v) is 6.17. The van der Waals surface area contributed by atoms with Crippen molar-refractivity contribution in [3.8, 4) is 12.3 Å². The van der Waals surface area contributed by atoms with Gasteiger partial charge in [0.05, 0.1) is 0 Å². The van der Waals surface area contributed by atoms with E-state index in [0.717, 1.165) is 0 Å². The first-order valence-corrected chi connectivity index (χ1v) is 6.39. The molecule has 0 fully saturated rings. The second kappa shape index (κ2) is 2.46. The molecule has 0 amide bonds. The van der Waals surface area contributed by atoms with Crippen molar-refractivity contribution in [1.29, 1.82) is 0 Å². The first kappa shape index (κ1) is 6.52. The van der Waals surface area contributed by atoms with Gasteiger partial charge in [-0.15, -0.1) is 0 Å². The summed E-state index contributed by atoms with van der Waals surface area (Å²) < 4.78 is 4.24. The van der Waals surface area contributed by atoms with Gasteiger partial charge in [0, 0.05) is 0 Å². The molecular formula is C8H4Se2. The zero-order valence-corrected chi connectivity index (χ0v) is 8.55. The SMILES string of the molecule is C#Cc1cc2[se]ccc2[se]1. The van der Waals surface area contributed by atoms with Crippen molar-refractivity contribution < 1.29 is 0 Å². The summed E-state index contributed by atoms with van der Waals surface area (Å²) >= 11 is 1.06. The minimum absolute atomic E-state index is 0.471. The van der Waals surface area contributed by atoms with Gasteiger partial charge in [-0.2, -0.15) is 0 Å². The Balaban J connectivity index is 2.81. The summed E-state index contributed by atoms with van der Waals surface area (Å²) in [4.78, 5) is 2.27. The summed E-state index contributed by atoms with van der Waals surface area (Å²) in [6, 6.07) is 4.42. The van der Waals surface area contributed by atoms with Crippen molar-refractivity contribution in [2.45, 2.75) is 0 Å². The van der Waals surface area contributed by atoms with E-state index < -0.39 is 0 Å². The van der Waals surface area contributed by atoms with E-state index in [2.05, 4.69) is 23.0 Å². The van der Waals surface area contributed by atoms with Gasteiger partial charge >= 0.3 is 71.4 Å². The molecule has 0 aliphatic carbocycles. The fourth-order valence-corrected chi connectivity index (χ4v) is 5.75. The van der Waals surface area contributed by atoms with Crippen LogP contribution in [0, 0.1) is 12.3 Å². The monoisotopic (exact) mass is 260 g/mol. The van der Waals surface area contributed by atoms with Crippen LogP contribution in [0.5, 0.6) is 0 Å². The van der Waals surface area contributed by atoms with Crippen LogP contribution in [-0.4, -0.2) is 29.0 Å². The molecule has 0 spiro atoms. The maximum absolute atomic E-state index is 5.29. The fourth-order valence-electron chi connectivity index (χ4n) is 0.837. The van der Waals surface area contributed by atoms with Gasteiger partial charge in [-0.25, -0.2) is 0 Å². The van der Waals surface area contributed by atoms with Gasteiger partial charge in [0.2, 0.25) is 0 Å². The molecule has 0 bridgehead atoms. The quantitative estimate of drug-likeness (QED) is 0.487. The van der Waals surface area contributed by atoms with Crippen molar-refractivity contribution >= 4 is 37.5 Å². The topological polar surface area (TPSA) is 0 Å². The standard InChI is InChI=1S/C8H4Se2/c1-2-6-5-8-7(10-6)3-4-9-8/h1,3-5H. The molecule has 0 aromatic carbocycles. The Morgan fingerprint density at radius 3 is 3.00 bits per heavy atom. The van der Waals surface area contributed by atoms with E-state index in [1.807, 2.05) is 0 Å². The Kier molecular flexibility index (Phi) is 1.60. The molecule has 48 valence electrons. The van der Waals surface area contributed by atoms with Crippen LogP contribution in [0.15, 0.2) is 17.1 Å². The average molecular weight is 258 g/mol. The Hall–Kier alpha value is -0.181. The fraction of sp³-hybridized carbons (Fsp3) is 0. The molecule has 0 saturated heterocycles. The van der Waals surface area contributed by atoms with Crippen LogP contribution >= 0.6 is 0 Å². The molecule has 2 rings (SSSR count). The van der Waals surface area contributed by atoms with Crippen LogP contribution in [0.4, 0.5) is 0 Å². The molecule has 0 N–H and O–H groups in total. The van der Waals surface area contributed by atoms with E-state index in [1.165, 1.54) is 13.0 Å². The van der Waals surface area contributed by atoms with Crippen molar-refractivity contribution in [1.82, 2.24) is 0 Å². The number of rotatable bonds is 0. The maximum atomic E-state index is 5.29.